The summed E-state index contributed by atoms with van der Waals surface area (Å²) in [4.78, 5) is 14.0. The lowest BCUT2D eigenvalue weighted by molar-refractivity contribution is -0.137. The highest BCUT2D eigenvalue weighted by Gasteiger charge is 2.30. The van der Waals surface area contributed by atoms with Crippen LogP contribution in [0.5, 0.6) is 5.75 Å². The Balaban J connectivity index is 0.00000264. The predicted molar refractivity (Wildman–Crippen MR) is 96.8 cm³/mol. The van der Waals surface area contributed by atoms with Gasteiger partial charge < -0.3 is 15.4 Å². The lowest BCUT2D eigenvalue weighted by Crippen LogP contribution is -2.53. The molecule has 0 saturated carbocycles. The van der Waals surface area contributed by atoms with E-state index in [0.717, 1.165) is 25.9 Å². The van der Waals surface area contributed by atoms with E-state index in [0.29, 0.717) is 28.3 Å². The lowest BCUT2D eigenvalue weighted by atomic mass is 9.95. The molecule has 1 amide bonds. The maximum atomic E-state index is 12.1. The van der Waals surface area contributed by atoms with Gasteiger partial charge in [0.1, 0.15) is 5.75 Å². The number of hydrogen-bond donors (Lipinski definition) is 1. The molecule has 7 heteroatoms. The van der Waals surface area contributed by atoms with Gasteiger partial charge in [0.05, 0.1) is 12.1 Å². The number of carbonyl (C=O) groups excluding carboxylic acids is 1. The van der Waals surface area contributed by atoms with Gasteiger partial charge in [0.15, 0.2) is 0 Å². The summed E-state index contributed by atoms with van der Waals surface area (Å²) in [5.41, 5.74) is 5.06. The highest BCUT2D eigenvalue weighted by molar-refractivity contribution is 6.34. The van der Waals surface area contributed by atoms with Crippen LogP contribution in [0.3, 0.4) is 0 Å². The molecule has 1 aromatic carbocycles. The number of benzene rings is 1. The third-order valence-electron chi connectivity index (χ3n) is 3.77. The molecule has 2 rings (SSSR count). The van der Waals surface area contributed by atoms with Gasteiger partial charge in [-0.2, -0.15) is 0 Å². The number of piperidine rings is 1. The van der Waals surface area contributed by atoms with Crippen molar-refractivity contribution in [3.63, 3.8) is 0 Å². The van der Waals surface area contributed by atoms with Crippen molar-refractivity contribution in [3.05, 3.63) is 28.2 Å². The van der Waals surface area contributed by atoms with Crippen LogP contribution >= 0.6 is 35.6 Å². The van der Waals surface area contributed by atoms with Crippen molar-refractivity contribution in [2.24, 2.45) is 11.7 Å². The minimum absolute atomic E-state index is 0. The molecule has 0 spiro atoms. The molecule has 0 atom stereocenters. The molecule has 2 N–H and O–H groups in total. The summed E-state index contributed by atoms with van der Waals surface area (Å²) in [6.07, 6.45) is 1.83. The quantitative estimate of drug-likeness (QED) is 0.863. The molecule has 1 saturated heterocycles. The number of nitrogens with two attached hydrogens (primary N) is 1. The average Bonchev–Trinajstić information content (AvgIpc) is 2.43. The third-order valence-corrected chi connectivity index (χ3v) is 4.21. The molecule has 1 aliphatic heterocycles. The van der Waals surface area contributed by atoms with Gasteiger partial charge in [-0.1, -0.05) is 23.2 Å². The van der Waals surface area contributed by atoms with Crippen molar-refractivity contribution in [1.82, 2.24) is 4.90 Å². The maximum Gasteiger partial charge on any atom is 0.242 e. The number of nitrogens with zero attached hydrogens (tertiary/aromatic N) is 1. The standard InChI is InChI=1S/C16H22Cl2N2O2.ClH/c1-16(2,19)15(21)20-5-3-11(4-6-20)10-22-14-8-12(17)7-13(18)9-14;/h7-9,11H,3-6,10,19H2,1-2H3;1H. The van der Waals surface area contributed by atoms with Gasteiger partial charge in [0.25, 0.3) is 0 Å². The zero-order valence-electron chi connectivity index (χ0n) is 13.4. The zero-order valence-corrected chi connectivity index (χ0v) is 15.7. The van der Waals surface area contributed by atoms with Crippen LogP contribution in [0.25, 0.3) is 0 Å². The van der Waals surface area contributed by atoms with Gasteiger partial charge in [-0.25, -0.2) is 0 Å². The monoisotopic (exact) mass is 380 g/mol. The molecular weight excluding hydrogens is 359 g/mol. The summed E-state index contributed by atoms with van der Waals surface area (Å²) in [6.45, 7) is 5.54. The fraction of sp³-hybridized carbons (Fsp3) is 0.562. The average molecular weight is 382 g/mol. The van der Waals surface area contributed by atoms with Gasteiger partial charge in [-0.3, -0.25) is 4.79 Å². The van der Waals surface area contributed by atoms with E-state index in [1.54, 1.807) is 32.0 Å². The first-order valence-electron chi connectivity index (χ1n) is 7.43. The number of halogens is 3. The van der Waals surface area contributed by atoms with Crippen molar-refractivity contribution in [1.29, 1.82) is 0 Å². The predicted octanol–water partition coefficient (Wildman–Crippen LogP) is 3.77. The number of likely N-dealkylation sites (tertiary alicyclic amines) is 1. The fourth-order valence-electron chi connectivity index (χ4n) is 2.54. The maximum absolute atomic E-state index is 12.1. The summed E-state index contributed by atoms with van der Waals surface area (Å²) in [7, 11) is 0. The Morgan fingerprint density at radius 2 is 1.78 bits per heavy atom. The zero-order chi connectivity index (χ0) is 16.3. The van der Waals surface area contributed by atoms with Crippen LogP contribution in [0.2, 0.25) is 10.0 Å². The molecule has 130 valence electrons. The van der Waals surface area contributed by atoms with Crippen molar-refractivity contribution < 1.29 is 9.53 Å². The summed E-state index contributed by atoms with van der Waals surface area (Å²) in [6, 6.07) is 5.18. The molecule has 1 aromatic rings. The topological polar surface area (TPSA) is 55.6 Å². The van der Waals surface area contributed by atoms with E-state index in [2.05, 4.69) is 0 Å². The number of hydrogen-bond acceptors (Lipinski definition) is 3. The Labute approximate surface area is 153 Å². The van der Waals surface area contributed by atoms with Gasteiger partial charge >= 0.3 is 0 Å². The Morgan fingerprint density at radius 1 is 1.26 bits per heavy atom. The minimum Gasteiger partial charge on any atom is -0.493 e. The number of rotatable bonds is 4. The van der Waals surface area contributed by atoms with E-state index in [1.807, 2.05) is 4.90 Å². The van der Waals surface area contributed by atoms with Crippen LogP contribution in [0.15, 0.2) is 18.2 Å². The van der Waals surface area contributed by atoms with E-state index in [9.17, 15) is 4.79 Å². The SMILES string of the molecule is CC(C)(N)C(=O)N1CCC(COc2cc(Cl)cc(Cl)c2)CC1.Cl. The normalized spacial score (nSPS) is 16.0. The molecule has 4 nitrogen and oxygen atoms in total. The van der Waals surface area contributed by atoms with Gasteiger partial charge in [-0.15, -0.1) is 12.4 Å². The second-order valence-electron chi connectivity index (χ2n) is 6.37. The van der Waals surface area contributed by atoms with Crippen LogP contribution in [0.4, 0.5) is 0 Å². The highest BCUT2D eigenvalue weighted by Crippen LogP contribution is 2.26. The van der Waals surface area contributed by atoms with E-state index in [1.165, 1.54) is 0 Å². The molecule has 0 aliphatic carbocycles. The molecule has 23 heavy (non-hydrogen) atoms. The molecule has 1 fully saturated rings. The largest absolute Gasteiger partial charge is 0.493 e. The van der Waals surface area contributed by atoms with Crippen molar-refractivity contribution >= 4 is 41.5 Å². The van der Waals surface area contributed by atoms with E-state index in [-0.39, 0.29) is 18.3 Å². The van der Waals surface area contributed by atoms with Crippen molar-refractivity contribution in [2.45, 2.75) is 32.2 Å². The van der Waals surface area contributed by atoms with E-state index >= 15 is 0 Å². The molecule has 0 radical (unpaired) electrons. The molecule has 0 unspecified atom stereocenters. The molecule has 1 aliphatic rings. The second kappa shape index (κ2) is 8.43. The van der Waals surface area contributed by atoms with Gasteiger partial charge in [0, 0.05) is 23.1 Å². The van der Waals surface area contributed by atoms with Gasteiger partial charge in [0.2, 0.25) is 5.91 Å². The third kappa shape index (κ3) is 6.03. The first-order chi connectivity index (χ1) is 10.3. The summed E-state index contributed by atoms with van der Waals surface area (Å²) < 4.78 is 5.77. The van der Waals surface area contributed by atoms with Crippen LogP contribution in [-0.2, 0) is 4.79 Å². The summed E-state index contributed by atoms with van der Waals surface area (Å²) in [5, 5.41) is 1.13. The Bertz CT molecular complexity index is 518. The molecule has 0 aromatic heterocycles. The number of carbonyl (C=O) groups is 1. The van der Waals surface area contributed by atoms with Crippen LogP contribution in [0, 0.1) is 5.92 Å². The van der Waals surface area contributed by atoms with Crippen LogP contribution in [-0.4, -0.2) is 36.0 Å². The van der Waals surface area contributed by atoms with Crippen LogP contribution in [0.1, 0.15) is 26.7 Å². The van der Waals surface area contributed by atoms with Crippen LogP contribution < -0.4 is 10.5 Å². The number of amides is 1. The van der Waals surface area contributed by atoms with Crippen molar-refractivity contribution in [2.75, 3.05) is 19.7 Å². The van der Waals surface area contributed by atoms with Crippen molar-refractivity contribution in [3.8, 4) is 5.75 Å². The fourth-order valence-corrected chi connectivity index (χ4v) is 3.04. The van der Waals surface area contributed by atoms with E-state index < -0.39 is 5.54 Å². The highest BCUT2D eigenvalue weighted by atomic mass is 35.5. The molecule has 0 bridgehead atoms. The first-order valence-corrected chi connectivity index (χ1v) is 8.18. The lowest BCUT2D eigenvalue weighted by Gasteiger charge is -2.35. The summed E-state index contributed by atoms with van der Waals surface area (Å²) in [5.74, 6) is 1.11. The Kier molecular flexibility index (Phi) is 7.46. The van der Waals surface area contributed by atoms with Gasteiger partial charge in [-0.05, 0) is 50.8 Å². The van der Waals surface area contributed by atoms with E-state index in [4.69, 9.17) is 33.7 Å². The molecular formula is C16H23Cl3N2O2. The first kappa shape index (κ1) is 20.4. The summed E-state index contributed by atoms with van der Waals surface area (Å²) >= 11 is 11.9. The minimum atomic E-state index is -0.805. The Hall–Kier alpha value is -0.680. The second-order valence-corrected chi connectivity index (χ2v) is 7.25. The Morgan fingerprint density at radius 3 is 2.26 bits per heavy atom. The number of ether oxygens (including phenoxy) is 1. The smallest absolute Gasteiger partial charge is 0.242 e. The molecule has 1 heterocycles.